The van der Waals surface area contributed by atoms with E-state index in [0.717, 1.165) is 27.9 Å². The lowest BCUT2D eigenvalue weighted by atomic mass is 9.85. The summed E-state index contributed by atoms with van der Waals surface area (Å²) >= 11 is 6.64. The van der Waals surface area contributed by atoms with Crippen molar-refractivity contribution in [1.82, 2.24) is 47.4 Å². The molecule has 7 aromatic carbocycles. The number of anilines is 3. The van der Waals surface area contributed by atoms with E-state index >= 15 is 0 Å². The van der Waals surface area contributed by atoms with E-state index in [9.17, 15) is 80.7 Å². The number of hydrogen-bond acceptors (Lipinski definition) is 19. The normalized spacial score (nSPS) is 14.2. The molecule has 1 aliphatic heterocycles. The zero-order chi connectivity index (χ0) is 81.7. The van der Waals surface area contributed by atoms with Crippen LogP contribution in [0.2, 0.25) is 5.02 Å². The molecule has 0 unspecified atom stereocenters. The number of carboxylic acid groups (broad SMARTS) is 2. The lowest BCUT2D eigenvalue weighted by Crippen LogP contribution is -2.59. The second-order valence-electron chi connectivity index (χ2n) is 28.1. The van der Waals surface area contributed by atoms with Gasteiger partial charge in [0.2, 0.25) is 41.4 Å². The number of ether oxygens (including phenoxy) is 1. The summed E-state index contributed by atoms with van der Waals surface area (Å²) in [6.45, 7) is 3.81. The highest BCUT2D eigenvalue weighted by molar-refractivity contribution is 7.86. The third-order valence-electron chi connectivity index (χ3n) is 18.7. The van der Waals surface area contributed by atoms with Crippen molar-refractivity contribution in [1.29, 1.82) is 0 Å². The van der Waals surface area contributed by atoms with Crippen molar-refractivity contribution in [3.8, 4) is 11.1 Å². The monoisotopic (exact) mass is 1590 g/mol. The highest BCUT2D eigenvalue weighted by atomic mass is 35.5. The van der Waals surface area contributed by atoms with Gasteiger partial charge in [-0.1, -0.05) is 105 Å². The van der Waals surface area contributed by atoms with Gasteiger partial charge in [-0.15, -0.1) is 0 Å². The third kappa shape index (κ3) is 23.6. The van der Waals surface area contributed by atoms with Gasteiger partial charge < -0.3 is 77.9 Å². The summed E-state index contributed by atoms with van der Waals surface area (Å²) < 4.78 is 39.5. The Morgan fingerprint density at radius 3 is 1.86 bits per heavy atom. The average molecular weight is 1590 g/mol. The Morgan fingerprint density at radius 1 is 0.611 bits per heavy atom. The molecule has 113 heavy (non-hydrogen) atoms. The molecule has 7 aromatic rings. The number of carbonyl (C=O) groups is 12. The van der Waals surface area contributed by atoms with Crippen LogP contribution in [-0.4, -0.2) is 189 Å². The Morgan fingerprint density at radius 2 is 1.23 bits per heavy atom. The van der Waals surface area contributed by atoms with Gasteiger partial charge in [0.05, 0.1) is 41.6 Å². The molecule has 1 heterocycles. The molecule has 596 valence electrons. The number of alkyl carbamates (subject to hydrolysis) is 1. The van der Waals surface area contributed by atoms with E-state index in [2.05, 4.69) is 63.4 Å². The van der Waals surface area contributed by atoms with Crippen LogP contribution in [-0.2, 0) is 58.0 Å². The molecular formula is C79H89ClN14O18S. The van der Waals surface area contributed by atoms with Gasteiger partial charge in [-0.05, 0) is 145 Å². The number of nitrogens with one attached hydrogen (secondary N) is 10. The van der Waals surface area contributed by atoms with Crippen molar-refractivity contribution in [3.63, 3.8) is 0 Å². The lowest BCUT2D eigenvalue weighted by Gasteiger charge is -2.35. The van der Waals surface area contributed by atoms with E-state index in [0.29, 0.717) is 34.4 Å². The van der Waals surface area contributed by atoms with Crippen LogP contribution < -0.4 is 58.1 Å². The fraction of sp³-hybridized carbons (Fsp3) is 0.342. The maximum absolute atomic E-state index is 14.5. The number of likely N-dealkylation sites (tertiary alicyclic amines) is 1. The highest BCUT2D eigenvalue weighted by Gasteiger charge is 2.43. The molecule has 0 aromatic heterocycles. The number of nitrogens with zero attached hydrogens (tertiary/aromatic N) is 4. The number of aliphatic carboxylic acids is 2. The van der Waals surface area contributed by atoms with Crippen LogP contribution in [0.3, 0.4) is 0 Å². The molecule has 32 nitrogen and oxygen atoms in total. The van der Waals surface area contributed by atoms with Crippen molar-refractivity contribution >= 4 is 132 Å². The minimum Gasteiger partial charge on any atom is -0.481 e. The SMILES string of the molecule is CN(C)c1ccc(/N=N/c2ccc(C(=O)NCCCC[C@H](NC(=O)CNC(=O)[C@H](CC(=O)O)NC(=O)[C@@H]3CCCN3C(=O)[C@@H](NC(=O)c3ccc(NC(=O)CNC(=O)[C@H](CCC(=O)NCCNc4cccc5c(S(=O)(=O)O)cccc45)NC(=O)OCC4c5ccccc5-c5ccccc54)c(Cl)c3)C(C)(C)C)C(=O)O)cc2)cc1. The number of carboxylic acids is 2. The van der Waals surface area contributed by atoms with E-state index in [1.165, 1.54) is 35.2 Å². The summed E-state index contributed by atoms with van der Waals surface area (Å²) in [7, 11) is -0.669. The molecule has 1 saturated heterocycles. The molecule has 10 amide bonds. The second kappa shape index (κ2) is 39.0. The highest BCUT2D eigenvalue weighted by Crippen LogP contribution is 2.45. The fourth-order valence-corrected chi connectivity index (χ4v) is 13.8. The van der Waals surface area contributed by atoms with E-state index in [4.69, 9.17) is 16.3 Å². The molecule has 0 saturated carbocycles. The van der Waals surface area contributed by atoms with Crippen LogP contribution in [0.25, 0.3) is 21.9 Å². The number of azo groups is 1. The van der Waals surface area contributed by atoms with Crippen LogP contribution in [0.5, 0.6) is 0 Å². The molecule has 1 aliphatic carbocycles. The van der Waals surface area contributed by atoms with Crippen molar-refractivity contribution < 1.29 is 85.5 Å². The first-order chi connectivity index (χ1) is 53.8. The maximum Gasteiger partial charge on any atom is 0.407 e. The van der Waals surface area contributed by atoms with Gasteiger partial charge in [0.25, 0.3) is 21.9 Å². The molecular weight excluding hydrogens is 1500 g/mol. The lowest BCUT2D eigenvalue weighted by molar-refractivity contribution is -0.144. The molecule has 0 bridgehead atoms. The Bertz CT molecular complexity index is 4820. The first kappa shape index (κ1) is 84.7. The predicted molar refractivity (Wildman–Crippen MR) is 419 cm³/mol. The van der Waals surface area contributed by atoms with Crippen molar-refractivity contribution in [2.45, 2.75) is 113 Å². The van der Waals surface area contributed by atoms with Crippen LogP contribution in [0.15, 0.2) is 167 Å². The van der Waals surface area contributed by atoms with Gasteiger partial charge in [0.1, 0.15) is 41.7 Å². The van der Waals surface area contributed by atoms with Crippen LogP contribution in [0, 0.1) is 5.41 Å². The minimum absolute atomic E-state index is 0.00385. The Labute approximate surface area is 656 Å². The zero-order valence-corrected chi connectivity index (χ0v) is 64.1. The van der Waals surface area contributed by atoms with Gasteiger partial charge in [0.15, 0.2) is 0 Å². The Balaban J connectivity index is 0.735. The van der Waals surface area contributed by atoms with Crippen molar-refractivity contribution in [3.05, 3.63) is 179 Å². The largest absolute Gasteiger partial charge is 0.481 e. The predicted octanol–water partition coefficient (Wildman–Crippen LogP) is 7.57. The molecule has 34 heteroatoms. The summed E-state index contributed by atoms with van der Waals surface area (Å²) in [4.78, 5) is 163. The van der Waals surface area contributed by atoms with Crippen LogP contribution in [0.4, 0.5) is 33.2 Å². The second-order valence-corrected chi connectivity index (χ2v) is 29.9. The van der Waals surface area contributed by atoms with E-state index < -0.39 is 131 Å². The molecule has 1 fully saturated rings. The van der Waals surface area contributed by atoms with E-state index in [1.807, 2.05) is 91.8 Å². The standard InChI is InChI=1S/C79H89ClN14O18S/c1-79(2,3)70(76(105)94-40-14-23-64(94)75(104)88-63(42-69(98)99)74(103)85-44-68(97)87-62(77(106)107)21-10-11-37-83-71(100)46-25-28-48(29-26-46)91-92-49-30-32-50(33-31-49)93(4)5)90-72(101)47-27-34-60(58(80)41-47)86-67(96)43-84-73(102)61(89-78(108)112-45-57-53-17-8-6-15-51(53)52-16-7-9-18-54(52)57)35-36-66(95)82-39-38-81-59-22-12-20-56-55(59)19-13-24-65(56)113(109,110)111/h6-9,12-13,15-20,22,24-34,41,57,61-64,70,81H,10-11,14,21,23,35-40,42-45H2,1-5H3,(H,82,95)(H,83,100)(H,84,102)(H,85,103)(H,86,96)(H,87,97)(H,88,104)(H,89,108)(H,90,101)(H,98,99)(H,106,107)(H,109,110,111)/b92-91+/t61-,62-,63-,64-,70+/m0/s1. The Hall–Kier alpha value is -12.4. The minimum atomic E-state index is -4.52. The summed E-state index contributed by atoms with van der Waals surface area (Å²) in [5.41, 5.74) is 5.81. The van der Waals surface area contributed by atoms with Crippen LogP contribution in [0.1, 0.15) is 110 Å². The number of fused-ring (bicyclic) bond motifs is 4. The number of rotatable bonds is 36. The number of hydrogen-bond donors (Lipinski definition) is 13. The first-order valence-corrected chi connectivity index (χ1v) is 38.1. The molecule has 2 aliphatic rings. The molecule has 13 N–H and O–H groups in total. The van der Waals surface area contributed by atoms with E-state index in [-0.39, 0.29) is 110 Å². The number of benzene rings is 7. The quantitative estimate of drug-likeness (QED) is 0.0102. The van der Waals surface area contributed by atoms with Crippen molar-refractivity contribution in [2.24, 2.45) is 15.6 Å². The van der Waals surface area contributed by atoms with Crippen LogP contribution >= 0.6 is 11.6 Å². The molecule has 0 spiro atoms. The van der Waals surface area contributed by atoms with Gasteiger partial charge >= 0.3 is 18.0 Å². The number of carbonyl (C=O) groups excluding carboxylic acids is 10. The first-order valence-electron chi connectivity index (χ1n) is 36.3. The number of halogens is 1. The van der Waals surface area contributed by atoms with Gasteiger partial charge in [-0.3, -0.25) is 52.5 Å². The van der Waals surface area contributed by atoms with Crippen molar-refractivity contribution in [2.75, 3.05) is 75.5 Å². The summed E-state index contributed by atoms with van der Waals surface area (Å²) in [5.74, 6) is -10.2. The fourth-order valence-electron chi connectivity index (χ4n) is 12.9. The molecule has 5 atom stereocenters. The molecule has 9 rings (SSSR count). The van der Waals surface area contributed by atoms with Gasteiger partial charge in [-0.25, -0.2) is 9.59 Å². The smallest absolute Gasteiger partial charge is 0.407 e. The number of unbranched alkanes of at least 4 members (excludes halogenated alkanes) is 1. The molecule has 0 radical (unpaired) electrons. The third-order valence-corrected chi connectivity index (χ3v) is 20.0. The Kier molecular flexibility index (Phi) is 29.2. The zero-order valence-electron chi connectivity index (χ0n) is 62.5. The summed E-state index contributed by atoms with van der Waals surface area (Å²) in [6, 6.07) is 35.2. The summed E-state index contributed by atoms with van der Waals surface area (Å²) in [6.07, 6.45) is -1.60. The number of amides is 10. The topological polar surface area (TPSA) is 460 Å². The average Bonchev–Trinajstić information content (AvgIpc) is 1.63. The maximum atomic E-state index is 14.5. The van der Waals surface area contributed by atoms with Gasteiger partial charge in [0, 0.05) is 85.9 Å². The van der Waals surface area contributed by atoms with E-state index in [1.54, 1.807) is 69.3 Å². The summed E-state index contributed by atoms with van der Waals surface area (Å²) in [5, 5.41) is 54.6. The van der Waals surface area contributed by atoms with Gasteiger partial charge in [-0.2, -0.15) is 18.6 Å².